The van der Waals surface area contributed by atoms with Gasteiger partial charge in [0.1, 0.15) is 18.2 Å². The maximum Gasteiger partial charge on any atom is 0.262 e. The Labute approximate surface area is 182 Å². The van der Waals surface area contributed by atoms with Crippen molar-refractivity contribution >= 4 is 33.8 Å². The summed E-state index contributed by atoms with van der Waals surface area (Å²) in [5.74, 6) is -0.0684. The summed E-state index contributed by atoms with van der Waals surface area (Å²) in [6.45, 7) is 4.42. The van der Waals surface area contributed by atoms with Gasteiger partial charge in [-0.25, -0.2) is 12.8 Å². The molecule has 0 aliphatic heterocycles. The second kappa shape index (κ2) is 10.3. The number of nitrogens with zero attached hydrogens (tertiary/aromatic N) is 1. The summed E-state index contributed by atoms with van der Waals surface area (Å²) in [4.78, 5) is 3.86. The molecular weight excluding hydrogens is 429 g/mol. The summed E-state index contributed by atoms with van der Waals surface area (Å²) in [6.07, 6.45) is 3.39. The van der Waals surface area contributed by atoms with Crippen LogP contribution in [0.25, 0.3) is 0 Å². The van der Waals surface area contributed by atoms with Crippen molar-refractivity contribution in [3.8, 4) is 5.75 Å². The van der Waals surface area contributed by atoms with Crippen LogP contribution in [-0.2, 0) is 10.0 Å². The summed E-state index contributed by atoms with van der Waals surface area (Å²) >= 11 is 0. The van der Waals surface area contributed by atoms with Gasteiger partial charge in [-0.2, -0.15) is 0 Å². The summed E-state index contributed by atoms with van der Waals surface area (Å²) in [5.41, 5.74) is 2.58. The lowest BCUT2D eigenvalue weighted by Gasteiger charge is -2.13. The Balaban J connectivity index is 0.00000320. The first kappa shape index (κ1) is 23.4. The van der Waals surface area contributed by atoms with Gasteiger partial charge in [-0.1, -0.05) is 6.07 Å². The third-order valence-corrected chi connectivity index (χ3v) is 5.65. The Bertz CT molecular complexity index is 1100. The SMILES string of the molecule is Cc1cc(NS(=O)(=O)c2cc(F)ccc2C)cc(OCCNc2ccncc2)c1.Cl. The van der Waals surface area contributed by atoms with Crippen molar-refractivity contribution in [1.82, 2.24) is 4.98 Å². The molecule has 0 bridgehead atoms. The molecule has 2 N–H and O–H groups in total. The monoisotopic (exact) mass is 451 g/mol. The lowest BCUT2D eigenvalue weighted by atomic mass is 10.2. The van der Waals surface area contributed by atoms with Gasteiger partial charge >= 0.3 is 0 Å². The second-order valence-corrected chi connectivity index (χ2v) is 8.21. The molecule has 0 atom stereocenters. The molecule has 0 spiro atoms. The first-order valence-electron chi connectivity index (χ1n) is 9.01. The van der Waals surface area contributed by atoms with Crippen molar-refractivity contribution in [2.75, 3.05) is 23.2 Å². The first-order valence-corrected chi connectivity index (χ1v) is 10.5. The molecule has 0 aliphatic carbocycles. The van der Waals surface area contributed by atoms with Crippen LogP contribution < -0.4 is 14.8 Å². The predicted molar refractivity (Wildman–Crippen MR) is 119 cm³/mol. The Hall–Kier alpha value is -2.84. The number of aromatic nitrogens is 1. The fourth-order valence-electron chi connectivity index (χ4n) is 2.80. The first-order chi connectivity index (χ1) is 13.8. The summed E-state index contributed by atoms with van der Waals surface area (Å²) in [7, 11) is -3.93. The highest BCUT2D eigenvalue weighted by atomic mass is 35.5. The minimum Gasteiger partial charge on any atom is -0.492 e. The molecule has 0 fully saturated rings. The highest BCUT2D eigenvalue weighted by Crippen LogP contribution is 2.25. The number of hydrogen-bond donors (Lipinski definition) is 2. The zero-order valence-electron chi connectivity index (χ0n) is 16.6. The van der Waals surface area contributed by atoms with Crippen molar-refractivity contribution in [3.63, 3.8) is 0 Å². The lowest BCUT2D eigenvalue weighted by molar-refractivity contribution is 0.333. The van der Waals surface area contributed by atoms with Crippen LogP contribution in [-0.4, -0.2) is 26.6 Å². The average Bonchev–Trinajstić information content (AvgIpc) is 2.67. The maximum absolute atomic E-state index is 13.5. The Morgan fingerprint density at radius 3 is 2.47 bits per heavy atom. The van der Waals surface area contributed by atoms with Gasteiger partial charge in [0.25, 0.3) is 10.0 Å². The van der Waals surface area contributed by atoms with Crippen LogP contribution in [0.1, 0.15) is 11.1 Å². The smallest absolute Gasteiger partial charge is 0.262 e. The highest BCUT2D eigenvalue weighted by molar-refractivity contribution is 7.92. The fourth-order valence-corrected chi connectivity index (χ4v) is 4.10. The van der Waals surface area contributed by atoms with E-state index in [0.29, 0.717) is 30.2 Å². The van der Waals surface area contributed by atoms with Crippen molar-refractivity contribution in [3.05, 3.63) is 77.9 Å². The molecule has 6 nitrogen and oxygen atoms in total. The number of pyridine rings is 1. The van der Waals surface area contributed by atoms with Gasteiger partial charge in [0, 0.05) is 30.7 Å². The molecule has 30 heavy (non-hydrogen) atoms. The minimum atomic E-state index is -3.93. The fraction of sp³-hybridized carbons (Fsp3) is 0.190. The van der Waals surface area contributed by atoms with E-state index >= 15 is 0 Å². The number of anilines is 2. The quantitative estimate of drug-likeness (QED) is 0.491. The van der Waals surface area contributed by atoms with Crippen molar-refractivity contribution in [2.45, 2.75) is 18.7 Å². The third-order valence-electron chi connectivity index (χ3n) is 4.12. The predicted octanol–water partition coefficient (Wildman–Crippen LogP) is 4.55. The maximum atomic E-state index is 13.5. The number of nitrogens with one attached hydrogen (secondary N) is 2. The van der Waals surface area contributed by atoms with E-state index in [0.717, 1.165) is 17.3 Å². The molecule has 2 aromatic carbocycles. The summed E-state index contributed by atoms with van der Waals surface area (Å²) in [6, 6.07) is 12.5. The molecule has 0 aliphatic rings. The second-order valence-electron chi connectivity index (χ2n) is 6.56. The van der Waals surface area contributed by atoms with Gasteiger partial charge in [0.15, 0.2) is 0 Å². The molecule has 0 saturated heterocycles. The summed E-state index contributed by atoms with van der Waals surface area (Å²) < 4.78 is 47.1. The van der Waals surface area contributed by atoms with Crippen LogP contribution in [0, 0.1) is 19.7 Å². The molecule has 0 saturated carbocycles. The zero-order valence-corrected chi connectivity index (χ0v) is 18.2. The Kier molecular flexibility index (Phi) is 8.02. The van der Waals surface area contributed by atoms with Gasteiger partial charge in [0.05, 0.1) is 10.6 Å². The molecular formula is C21H23ClFN3O3S. The van der Waals surface area contributed by atoms with E-state index in [-0.39, 0.29) is 17.3 Å². The lowest BCUT2D eigenvalue weighted by Crippen LogP contribution is -2.15. The molecule has 1 aromatic heterocycles. The number of rotatable bonds is 8. The number of halogens is 2. The Morgan fingerprint density at radius 1 is 1.00 bits per heavy atom. The topological polar surface area (TPSA) is 80.3 Å². The number of hydrogen-bond acceptors (Lipinski definition) is 5. The molecule has 9 heteroatoms. The number of benzene rings is 2. The molecule has 0 radical (unpaired) electrons. The van der Waals surface area contributed by atoms with E-state index in [9.17, 15) is 12.8 Å². The number of sulfonamides is 1. The van der Waals surface area contributed by atoms with Crippen molar-refractivity contribution in [2.24, 2.45) is 0 Å². The molecule has 160 valence electrons. The van der Waals surface area contributed by atoms with Crippen LogP contribution in [0.15, 0.2) is 65.8 Å². The molecule has 3 rings (SSSR count). The van der Waals surface area contributed by atoms with Crippen molar-refractivity contribution < 1.29 is 17.5 Å². The van der Waals surface area contributed by atoms with E-state index < -0.39 is 15.8 Å². The van der Waals surface area contributed by atoms with Crippen LogP contribution in [0.3, 0.4) is 0 Å². The van der Waals surface area contributed by atoms with Gasteiger partial charge in [0.2, 0.25) is 0 Å². The van der Waals surface area contributed by atoms with Crippen molar-refractivity contribution in [1.29, 1.82) is 0 Å². The molecule has 0 unspecified atom stereocenters. The standard InChI is InChI=1S/C21H22FN3O3S.ClH/c1-15-11-19(25-29(26,27)21-13-17(22)4-3-16(21)2)14-20(12-15)28-10-9-24-18-5-7-23-8-6-18;/h3-8,11-14,25H,9-10H2,1-2H3,(H,23,24);1H. The minimum absolute atomic E-state index is 0. The average molecular weight is 452 g/mol. The Morgan fingerprint density at radius 2 is 1.73 bits per heavy atom. The number of aryl methyl sites for hydroxylation is 2. The van der Waals surface area contributed by atoms with Gasteiger partial charge in [-0.05, 0) is 61.4 Å². The van der Waals surface area contributed by atoms with Crippen LogP contribution in [0.4, 0.5) is 15.8 Å². The van der Waals surface area contributed by atoms with E-state index in [1.165, 1.54) is 12.1 Å². The summed E-state index contributed by atoms with van der Waals surface area (Å²) in [5, 5.41) is 3.20. The largest absolute Gasteiger partial charge is 0.492 e. The number of ether oxygens (including phenoxy) is 1. The van der Waals surface area contributed by atoms with Crippen LogP contribution in [0.5, 0.6) is 5.75 Å². The van der Waals surface area contributed by atoms with Crippen LogP contribution in [0.2, 0.25) is 0 Å². The third kappa shape index (κ3) is 6.33. The van der Waals surface area contributed by atoms with Gasteiger partial charge < -0.3 is 10.1 Å². The molecule has 3 aromatic rings. The van der Waals surface area contributed by atoms with Gasteiger partial charge in [-0.3, -0.25) is 9.71 Å². The van der Waals surface area contributed by atoms with E-state index in [2.05, 4.69) is 15.0 Å². The van der Waals surface area contributed by atoms with E-state index in [1.807, 2.05) is 25.1 Å². The van der Waals surface area contributed by atoms with Crippen LogP contribution >= 0.6 is 12.4 Å². The van der Waals surface area contributed by atoms with E-state index in [1.54, 1.807) is 31.5 Å². The normalized spacial score (nSPS) is 10.8. The zero-order chi connectivity index (χ0) is 20.9. The molecule has 1 heterocycles. The van der Waals surface area contributed by atoms with E-state index in [4.69, 9.17) is 4.74 Å². The highest BCUT2D eigenvalue weighted by Gasteiger charge is 2.18. The molecule has 0 amide bonds. The van der Waals surface area contributed by atoms with Gasteiger partial charge in [-0.15, -0.1) is 12.4 Å².